The van der Waals surface area contributed by atoms with Gasteiger partial charge in [0.2, 0.25) is 5.43 Å². The summed E-state index contributed by atoms with van der Waals surface area (Å²) in [5.41, 5.74) is -4.79. The first-order chi connectivity index (χ1) is 19.8. The van der Waals surface area contributed by atoms with Crippen LogP contribution in [-0.4, -0.2) is 42.6 Å². The summed E-state index contributed by atoms with van der Waals surface area (Å²) in [4.78, 5) is 51.7. The molecule has 6 N–H and O–H groups in total. The fraction of sp³-hybridized carbons (Fsp3) is 0.143. The molecule has 14 heteroatoms. The van der Waals surface area contributed by atoms with Crippen LogP contribution in [-0.2, 0) is 11.3 Å². The van der Waals surface area contributed by atoms with E-state index in [9.17, 15) is 49.8 Å². The molecule has 1 atom stereocenters. The van der Waals surface area contributed by atoms with Gasteiger partial charge in [-0.15, -0.1) is 0 Å². The first-order valence-corrected chi connectivity index (χ1v) is 12.1. The zero-order valence-electron chi connectivity index (χ0n) is 21.5. The van der Waals surface area contributed by atoms with Crippen molar-refractivity contribution in [2.45, 2.75) is 26.6 Å². The number of carbonyl (C=O) groups is 2. The molecule has 214 valence electrons. The number of phenols is 4. The third-order valence-corrected chi connectivity index (χ3v) is 7.06. The van der Waals surface area contributed by atoms with E-state index in [1.165, 1.54) is 19.9 Å². The number of hydrogen-bond donors (Lipinski definition) is 6. The van der Waals surface area contributed by atoms with E-state index < -0.39 is 75.0 Å². The second kappa shape index (κ2) is 8.79. The molecule has 14 nitrogen and oxygen atoms in total. The van der Waals surface area contributed by atoms with Crippen LogP contribution in [0, 0.1) is 6.92 Å². The van der Waals surface area contributed by atoms with Crippen molar-refractivity contribution in [2.75, 3.05) is 0 Å². The number of ether oxygens (including phenoxy) is 2. The topological polar surface area (TPSA) is 234 Å². The maximum atomic E-state index is 13.9. The summed E-state index contributed by atoms with van der Waals surface area (Å²) >= 11 is 0. The second-order valence-corrected chi connectivity index (χ2v) is 9.55. The number of aromatic hydroxyl groups is 4. The van der Waals surface area contributed by atoms with E-state index >= 15 is 0 Å². The number of benzene rings is 2. The summed E-state index contributed by atoms with van der Waals surface area (Å²) in [6.45, 7) is 2.40. The van der Waals surface area contributed by atoms with E-state index in [2.05, 4.69) is 0 Å². The van der Waals surface area contributed by atoms with Crippen molar-refractivity contribution in [2.24, 2.45) is 0 Å². The van der Waals surface area contributed by atoms with E-state index in [-0.39, 0.29) is 56.6 Å². The fourth-order valence-electron chi connectivity index (χ4n) is 5.25. The van der Waals surface area contributed by atoms with Gasteiger partial charge in [0.15, 0.2) is 34.5 Å². The fourth-order valence-corrected chi connectivity index (χ4v) is 5.25. The van der Waals surface area contributed by atoms with Gasteiger partial charge < -0.3 is 48.9 Å². The first kappa shape index (κ1) is 26.3. The lowest BCUT2D eigenvalue weighted by Crippen LogP contribution is -2.30. The lowest BCUT2D eigenvalue weighted by molar-refractivity contribution is 0.0682. The van der Waals surface area contributed by atoms with Crippen LogP contribution in [0.3, 0.4) is 0 Å². The molecule has 0 bridgehead atoms. The summed E-state index contributed by atoms with van der Waals surface area (Å²) < 4.78 is 23.1. The van der Waals surface area contributed by atoms with Crippen molar-refractivity contribution in [1.82, 2.24) is 0 Å². The van der Waals surface area contributed by atoms with Gasteiger partial charge in [-0.25, -0.2) is 9.59 Å². The standard InChI is InChI=1S/C28H18O14/c1-7-3-13-18(24(34)16-14(42-13)5-11(30)22(32)19(16)27(35)36)26(40-7)15-8(2)41-25-9(21(15)31)6-39-12-4-10(29)23(33)20(17(12)25)28(37)38/h3-5,26,29-30,32-33H,6H2,1-2H3,(H,35,36)(H,37,38)/t26-/m1/s1. The van der Waals surface area contributed by atoms with Crippen molar-refractivity contribution in [3.8, 4) is 40.1 Å². The van der Waals surface area contributed by atoms with Gasteiger partial charge in [-0.2, -0.15) is 0 Å². The summed E-state index contributed by atoms with van der Waals surface area (Å²) in [5, 5.41) is 59.3. The molecule has 0 saturated carbocycles. The highest BCUT2D eigenvalue weighted by Gasteiger charge is 2.38. The monoisotopic (exact) mass is 578 g/mol. The van der Waals surface area contributed by atoms with Crippen molar-refractivity contribution >= 4 is 29.0 Å². The molecule has 2 aliphatic rings. The highest BCUT2D eigenvalue weighted by molar-refractivity contribution is 6.06. The molecule has 2 aromatic heterocycles. The van der Waals surface area contributed by atoms with Crippen LogP contribution >= 0.6 is 0 Å². The number of fused-ring (bicyclic) bond motifs is 5. The number of carboxylic acids is 2. The van der Waals surface area contributed by atoms with Crippen LogP contribution in [0.4, 0.5) is 0 Å². The van der Waals surface area contributed by atoms with Crippen LogP contribution in [0.25, 0.3) is 28.4 Å². The normalized spacial score (nSPS) is 15.1. The summed E-state index contributed by atoms with van der Waals surface area (Å²) in [7, 11) is 0. The molecule has 0 aliphatic carbocycles. The lowest BCUT2D eigenvalue weighted by Gasteiger charge is -2.27. The summed E-state index contributed by atoms with van der Waals surface area (Å²) in [5.74, 6) is -7.49. The van der Waals surface area contributed by atoms with E-state index in [1.807, 2.05) is 0 Å². The quantitative estimate of drug-likeness (QED) is 0.191. The maximum absolute atomic E-state index is 13.9. The highest BCUT2D eigenvalue weighted by Crippen LogP contribution is 2.48. The Hall–Kier alpha value is -5.92. The molecule has 6 rings (SSSR count). The third-order valence-electron chi connectivity index (χ3n) is 7.06. The van der Waals surface area contributed by atoms with Crippen LogP contribution in [0.15, 0.2) is 36.3 Å². The van der Waals surface area contributed by atoms with Gasteiger partial charge in [-0.3, -0.25) is 9.59 Å². The van der Waals surface area contributed by atoms with Crippen molar-refractivity contribution in [1.29, 1.82) is 0 Å². The average molecular weight is 578 g/mol. The maximum Gasteiger partial charge on any atom is 0.340 e. The molecule has 0 spiro atoms. The molecule has 42 heavy (non-hydrogen) atoms. The summed E-state index contributed by atoms with van der Waals surface area (Å²) in [6, 6.07) is 1.86. The molecule has 2 aliphatic heterocycles. The second-order valence-electron chi connectivity index (χ2n) is 9.55. The van der Waals surface area contributed by atoms with Gasteiger partial charge in [-0.05, 0) is 13.8 Å². The Morgan fingerprint density at radius 1 is 0.857 bits per heavy atom. The Morgan fingerprint density at radius 2 is 1.50 bits per heavy atom. The van der Waals surface area contributed by atoms with Crippen molar-refractivity contribution in [3.63, 3.8) is 0 Å². The smallest absolute Gasteiger partial charge is 0.340 e. The number of rotatable bonds is 3. The molecular formula is C28H18O14. The Labute approximate surface area is 232 Å². The molecule has 0 saturated heterocycles. The zero-order valence-corrected chi connectivity index (χ0v) is 21.5. The van der Waals surface area contributed by atoms with Gasteiger partial charge in [0.1, 0.15) is 46.3 Å². The molecule has 0 unspecified atom stereocenters. The van der Waals surface area contributed by atoms with Crippen LogP contribution in [0.2, 0.25) is 0 Å². The van der Waals surface area contributed by atoms with Gasteiger partial charge in [0.05, 0.1) is 33.4 Å². The molecule has 4 heterocycles. The van der Waals surface area contributed by atoms with E-state index in [1.54, 1.807) is 0 Å². The minimum atomic E-state index is -1.73. The molecule has 0 amide bonds. The average Bonchev–Trinajstić information content (AvgIpc) is 2.89. The van der Waals surface area contributed by atoms with Gasteiger partial charge >= 0.3 is 11.9 Å². The van der Waals surface area contributed by atoms with Gasteiger partial charge in [-0.1, -0.05) is 0 Å². The summed E-state index contributed by atoms with van der Waals surface area (Å²) in [6.07, 6.45) is -0.196. The minimum Gasteiger partial charge on any atom is -0.504 e. The number of aryl methyl sites for hydroxylation is 1. The minimum absolute atomic E-state index is 0.116. The Bertz CT molecular complexity index is 2080. The zero-order chi connectivity index (χ0) is 30.4. The predicted octanol–water partition coefficient (Wildman–Crippen LogP) is 3.31. The van der Waals surface area contributed by atoms with Gasteiger partial charge in [0, 0.05) is 18.2 Å². The first-order valence-electron chi connectivity index (χ1n) is 12.1. The number of carboxylic acid groups (broad SMARTS) is 2. The van der Waals surface area contributed by atoms with Crippen molar-refractivity contribution in [3.05, 3.63) is 77.7 Å². The highest BCUT2D eigenvalue weighted by atomic mass is 16.5. The third kappa shape index (κ3) is 3.51. The van der Waals surface area contributed by atoms with Gasteiger partial charge in [0.25, 0.3) is 0 Å². The largest absolute Gasteiger partial charge is 0.504 e. The van der Waals surface area contributed by atoms with Crippen LogP contribution < -0.4 is 15.6 Å². The lowest BCUT2D eigenvalue weighted by atomic mass is 9.91. The van der Waals surface area contributed by atoms with E-state index in [4.69, 9.17) is 18.3 Å². The molecule has 0 radical (unpaired) electrons. The SMILES string of the molecule is CC1=Cc2oc3cc(O)c(O)c(C(=O)O)c3c(=O)c2[C@@H](c2c(C)oc3c(c2=O)COc2cc(O)c(O)c(C(=O)O)c2-3)O1. The Kier molecular flexibility index (Phi) is 5.51. The van der Waals surface area contributed by atoms with E-state index in [0.717, 1.165) is 12.1 Å². The van der Waals surface area contributed by atoms with Crippen molar-refractivity contribution < 1.29 is 58.5 Å². The molecule has 2 aromatic carbocycles. The molecular weight excluding hydrogens is 560 g/mol. The van der Waals surface area contributed by atoms with Crippen LogP contribution in [0.5, 0.6) is 28.7 Å². The van der Waals surface area contributed by atoms with E-state index in [0.29, 0.717) is 0 Å². The molecule has 0 fully saturated rings. The number of phenolic OH excluding ortho intramolecular Hbond substituents is 2. The van der Waals surface area contributed by atoms with Crippen LogP contribution in [0.1, 0.15) is 62.0 Å². The Morgan fingerprint density at radius 3 is 2.17 bits per heavy atom. The Balaban J connectivity index is 1.65. The number of hydrogen-bond acceptors (Lipinski definition) is 12. The molecule has 4 aromatic rings. The number of aromatic carboxylic acids is 2. The number of allylic oxidation sites excluding steroid dienone is 1. The predicted molar refractivity (Wildman–Crippen MR) is 139 cm³/mol.